The fraction of sp³-hybridized carbons (Fsp3) is 0.200. The molecule has 1 aromatic carbocycles. The molecule has 0 bridgehead atoms. The monoisotopic (exact) mass is 405 g/mol. The molecule has 10 heteroatoms. The molecule has 152 valence electrons. The molecule has 0 aliphatic carbocycles. The third-order valence-electron chi connectivity index (χ3n) is 4.62. The summed E-state index contributed by atoms with van der Waals surface area (Å²) in [5.74, 6) is -0.420. The van der Waals surface area contributed by atoms with Crippen molar-refractivity contribution in [2.24, 2.45) is 0 Å². The van der Waals surface area contributed by atoms with Gasteiger partial charge >= 0.3 is 0 Å². The van der Waals surface area contributed by atoms with Crippen molar-refractivity contribution in [3.8, 4) is 0 Å². The second-order valence-electron chi connectivity index (χ2n) is 6.83. The normalized spacial score (nSPS) is 11.0. The van der Waals surface area contributed by atoms with Crippen molar-refractivity contribution in [3.05, 3.63) is 86.5 Å². The first kappa shape index (κ1) is 19.2. The maximum absolute atomic E-state index is 12.8. The Morgan fingerprint density at radius 1 is 1.13 bits per heavy atom. The van der Waals surface area contributed by atoms with Gasteiger partial charge in [-0.2, -0.15) is 10.2 Å². The Bertz CT molecular complexity index is 1300. The van der Waals surface area contributed by atoms with Crippen molar-refractivity contribution < 1.29 is 4.79 Å². The molecule has 30 heavy (non-hydrogen) atoms. The third kappa shape index (κ3) is 4.02. The molecule has 0 fully saturated rings. The van der Waals surface area contributed by atoms with Gasteiger partial charge in [-0.15, -0.1) is 0 Å². The van der Waals surface area contributed by atoms with Gasteiger partial charge in [0.1, 0.15) is 17.4 Å². The van der Waals surface area contributed by atoms with Crippen LogP contribution in [0.15, 0.2) is 58.5 Å². The highest BCUT2D eigenvalue weighted by Crippen LogP contribution is 2.08. The molecule has 2 N–H and O–H groups in total. The van der Waals surface area contributed by atoms with Gasteiger partial charge < -0.3 is 5.32 Å². The van der Waals surface area contributed by atoms with E-state index in [-0.39, 0.29) is 23.4 Å². The summed E-state index contributed by atoms with van der Waals surface area (Å²) in [7, 11) is 0. The van der Waals surface area contributed by atoms with E-state index >= 15 is 0 Å². The van der Waals surface area contributed by atoms with E-state index in [0.29, 0.717) is 24.1 Å². The maximum Gasteiger partial charge on any atom is 0.271 e. The molecule has 0 aliphatic heterocycles. The van der Waals surface area contributed by atoms with E-state index in [1.54, 1.807) is 9.25 Å². The molecule has 0 aliphatic rings. The quantitative estimate of drug-likeness (QED) is 0.480. The van der Waals surface area contributed by atoms with Crippen molar-refractivity contribution >= 4 is 16.9 Å². The molecule has 4 rings (SSSR count). The molecule has 0 spiro atoms. The van der Waals surface area contributed by atoms with Gasteiger partial charge in [-0.1, -0.05) is 29.8 Å². The highest BCUT2D eigenvalue weighted by Gasteiger charge is 2.11. The van der Waals surface area contributed by atoms with Gasteiger partial charge in [0.15, 0.2) is 5.65 Å². The zero-order valence-electron chi connectivity index (χ0n) is 16.2. The average molecular weight is 405 g/mol. The number of nitrogens with zero attached hydrogens (tertiary/aromatic N) is 5. The van der Waals surface area contributed by atoms with E-state index < -0.39 is 5.91 Å². The first-order chi connectivity index (χ1) is 14.5. The molecule has 0 saturated heterocycles. The van der Waals surface area contributed by atoms with E-state index in [1.165, 1.54) is 24.7 Å². The first-order valence-electron chi connectivity index (χ1n) is 9.32. The van der Waals surface area contributed by atoms with Gasteiger partial charge in [0.2, 0.25) is 0 Å². The summed E-state index contributed by atoms with van der Waals surface area (Å²) in [5, 5.41) is 13.2. The fourth-order valence-electron chi connectivity index (χ4n) is 3.00. The molecule has 1 amide bonds. The predicted molar refractivity (Wildman–Crippen MR) is 109 cm³/mol. The number of aryl methyl sites for hydroxylation is 1. The molecule has 3 heterocycles. The van der Waals surface area contributed by atoms with Crippen LogP contribution in [0.4, 0.5) is 0 Å². The number of carbonyl (C=O) groups excluding carboxylic acids is 1. The van der Waals surface area contributed by atoms with Crippen LogP contribution in [0.3, 0.4) is 0 Å². The largest absolute Gasteiger partial charge is 0.349 e. The van der Waals surface area contributed by atoms with Gasteiger partial charge in [-0.3, -0.25) is 19.0 Å². The summed E-state index contributed by atoms with van der Waals surface area (Å²) in [5.41, 5.74) is 2.18. The summed E-state index contributed by atoms with van der Waals surface area (Å²) in [4.78, 5) is 40.2. The van der Waals surface area contributed by atoms with Crippen LogP contribution in [-0.4, -0.2) is 42.0 Å². The Labute approximate surface area is 170 Å². The summed E-state index contributed by atoms with van der Waals surface area (Å²) in [6, 6.07) is 10.5. The highest BCUT2D eigenvalue weighted by molar-refractivity contribution is 5.91. The number of rotatable bonds is 6. The Kier molecular flexibility index (Phi) is 5.21. The van der Waals surface area contributed by atoms with E-state index in [2.05, 4.69) is 25.6 Å². The molecular weight excluding hydrogens is 386 g/mol. The summed E-state index contributed by atoms with van der Waals surface area (Å²) >= 11 is 0. The van der Waals surface area contributed by atoms with Crippen LogP contribution in [-0.2, 0) is 13.1 Å². The number of fused-ring (bicyclic) bond motifs is 1. The van der Waals surface area contributed by atoms with Crippen LogP contribution in [0.25, 0.3) is 11.0 Å². The lowest BCUT2D eigenvalue weighted by Gasteiger charge is -2.07. The number of hydrogen-bond donors (Lipinski definition) is 2. The van der Waals surface area contributed by atoms with Gasteiger partial charge in [-0.25, -0.2) is 14.8 Å². The smallest absolute Gasteiger partial charge is 0.271 e. The second kappa shape index (κ2) is 8.11. The number of hydrogen-bond acceptors (Lipinski definition) is 6. The molecule has 0 radical (unpaired) electrons. The van der Waals surface area contributed by atoms with Crippen molar-refractivity contribution in [3.63, 3.8) is 0 Å². The van der Waals surface area contributed by atoms with Gasteiger partial charge in [0.25, 0.3) is 17.0 Å². The average Bonchev–Trinajstić information content (AvgIpc) is 3.16. The fourth-order valence-corrected chi connectivity index (χ4v) is 3.00. The van der Waals surface area contributed by atoms with Gasteiger partial charge in [0, 0.05) is 12.6 Å². The standard InChI is InChI=1S/C20H19N7O3/c1-13-2-4-14(5-3-13)11-26-12-22-18-15(20(26)30)10-23-27(18)9-8-21-19(29)16-6-7-17(28)25-24-16/h2-7,10,12H,8-9,11H2,1H3,(H,21,29)(H,25,28). The van der Waals surface area contributed by atoms with Gasteiger partial charge in [-0.05, 0) is 18.6 Å². The number of aromatic nitrogens is 6. The summed E-state index contributed by atoms with van der Waals surface area (Å²) in [6.45, 7) is 3.02. The highest BCUT2D eigenvalue weighted by atomic mass is 16.2. The van der Waals surface area contributed by atoms with Crippen LogP contribution in [0.5, 0.6) is 0 Å². The van der Waals surface area contributed by atoms with Crippen molar-refractivity contribution in [2.75, 3.05) is 6.54 Å². The van der Waals surface area contributed by atoms with E-state index in [0.717, 1.165) is 11.1 Å². The zero-order chi connectivity index (χ0) is 21.1. The maximum atomic E-state index is 12.8. The van der Waals surface area contributed by atoms with E-state index in [9.17, 15) is 14.4 Å². The predicted octanol–water partition coefficient (Wildman–Crippen LogP) is 0.463. The first-order valence-corrected chi connectivity index (χ1v) is 9.32. The topological polar surface area (TPSA) is 128 Å². The van der Waals surface area contributed by atoms with Crippen molar-refractivity contribution in [2.45, 2.75) is 20.0 Å². The lowest BCUT2D eigenvalue weighted by atomic mass is 10.1. The zero-order valence-corrected chi connectivity index (χ0v) is 16.2. The minimum atomic E-state index is -0.420. The van der Waals surface area contributed by atoms with Crippen LogP contribution < -0.4 is 16.4 Å². The number of nitrogens with one attached hydrogen (secondary N) is 2. The molecule has 0 atom stereocenters. The van der Waals surface area contributed by atoms with Crippen molar-refractivity contribution in [1.29, 1.82) is 0 Å². The number of amides is 1. The SMILES string of the molecule is Cc1ccc(Cn2cnc3c(cnn3CCNC(=O)c3ccc(=O)[nH]n3)c2=O)cc1. The molecule has 0 unspecified atom stereocenters. The number of H-pyrrole nitrogens is 1. The van der Waals surface area contributed by atoms with Crippen LogP contribution in [0, 0.1) is 6.92 Å². The summed E-state index contributed by atoms with van der Waals surface area (Å²) < 4.78 is 3.11. The van der Waals surface area contributed by atoms with Gasteiger partial charge in [0.05, 0.1) is 19.3 Å². The molecule has 0 saturated carbocycles. The molecule has 10 nitrogen and oxygen atoms in total. The number of benzene rings is 1. The Hall–Kier alpha value is -4.08. The number of aromatic amines is 1. The summed E-state index contributed by atoms with van der Waals surface area (Å²) in [6.07, 6.45) is 2.99. The van der Waals surface area contributed by atoms with Crippen LogP contribution in [0.1, 0.15) is 21.6 Å². The third-order valence-corrected chi connectivity index (χ3v) is 4.62. The Morgan fingerprint density at radius 2 is 1.93 bits per heavy atom. The number of carbonyl (C=O) groups is 1. The van der Waals surface area contributed by atoms with Crippen molar-refractivity contribution in [1.82, 2.24) is 34.8 Å². The van der Waals surface area contributed by atoms with E-state index in [4.69, 9.17) is 0 Å². The molecule has 3 aromatic heterocycles. The molecule has 4 aromatic rings. The molecular formula is C20H19N7O3. The van der Waals surface area contributed by atoms with E-state index in [1.807, 2.05) is 31.2 Å². The van der Waals surface area contributed by atoms with Crippen LogP contribution >= 0.6 is 0 Å². The lowest BCUT2D eigenvalue weighted by molar-refractivity contribution is 0.0946. The van der Waals surface area contributed by atoms with Crippen LogP contribution in [0.2, 0.25) is 0 Å². The Balaban J connectivity index is 1.45. The Morgan fingerprint density at radius 3 is 2.67 bits per heavy atom. The minimum absolute atomic E-state index is 0.108. The second-order valence-corrected chi connectivity index (χ2v) is 6.83. The minimum Gasteiger partial charge on any atom is -0.349 e. The lowest BCUT2D eigenvalue weighted by Crippen LogP contribution is -2.29.